The molecule has 0 aromatic heterocycles. The predicted molar refractivity (Wildman–Crippen MR) is 104 cm³/mol. The molecule has 0 atom stereocenters. The van der Waals surface area contributed by atoms with Crippen LogP contribution < -0.4 is 16.4 Å². The van der Waals surface area contributed by atoms with Crippen LogP contribution in [0, 0.1) is 0 Å². The fourth-order valence-electron chi connectivity index (χ4n) is 2.22. The van der Waals surface area contributed by atoms with E-state index in [4.69, 9.17) is 15.2 Å². The summed E-state index contributed by atoms with van der Waals surface area (Å²) in [5, 5.41) is 5.49. The van der Waals surface area contributed by atoms with Gasteiger partial charge in [-0.2, -0.15) is 0 Å². The van der Waals surface area contributed by atoms with E-state index >= 15 is 0 Å². The van der Waals surface area contributed by atoms with Crippen LogP contribution in [0.15, 0.2) is 0 Å². The lowest BCUT2D eigenvalue weighted by atomic mass is 10.0. The van der Waals surface area contributed by atoms with Gasteiger partial charge >= 0.3 is 12.2 Å². The van der Waals surface area contributed by atoms with Gasteiger partial charge in [0.25, 0.3) is 0 Å². The van der Waals surface area contributed by atoms with Gasteiger partial charge in [0.2, 0.25) is 0 Å². The van der Waals surface area contributed by atoms with Gasteiger partial charge in [-0.05, 0) is 67.2 Å². The van der Waals surface area contributed by atoms with Crippen molar-refractivity contribution in [2.45, 2.75) is 97.3 Å². The first-order valence-corrected chi connectivity index (χ1v) is 9.58. The fourth-order valence-corrected chi connectivity index (χ4v) is 2.22. The minimum Gasteiger partial charge on any atom is -0.444 e. The molecule has 7 heteroatoms. The Labute approximate surface area is 158 Å². The summed E-state index contributed by atoms with van der Waals surface area (Å²) in [6, 6.07) is 0.151. The van der Waals surface area contributed by atoms with E-state index in [0.717, 1.165) is 38.5 Å². The number of hydrogen-bond donors (Lipinski definition) is 3. The average molecular weight is 374 g/mol. The summed E-state index contributed by atoms with van der Waals surface area (Å²) in [6.45, 7) is 12.2. The molecule has 0 heterocycles. The molecular formula is C19H39N3O4. The molecule has 4 N–H and O–H groups in total. The third kappa shape index (κ3) is 17.3. The molecule has 0 aromatic rings. The first kappa shape index (κ1) is 24.5. The molecule has 0 aromatic carbocycles. The van der Waals surface area contributed by atoms with Crippen LogP contribution in [-0.4, -0.2) is 42.5 Å². The average Bonchev–Trinajstić information content (AvgIpc) is 2.42. The lowest BCUT2D eigenvalue weighted by molar-refractivity contribution is 0.0515. The minimum atomic E-state index is -0.467. The van der Waals surface area contributed by atoms with Gasteiger partial charge in [-0.15, -0.1) is 0 Å². The van der Waals surface area contributed by atoms with Crippen LogP contribution in [0.25, 0.3) is 0 Å². The molecule has 0 fully saturated rings. The lowest BCUT2D eigenvalue weighted by Crippen LogP contribution is -2.33. The monoisotopic (exact) mass is 373 g/mol. The maximum absolute atomic E-state index is 11.5. The van der Waals surface area contributed by atoms with Crippen molar-refractivity contribution in [2.24, 2.45) is 5.73 Å². The SMILES string of the molecule is CC(C)(C)OC(=O)NCCCCC(N)CCCCNC(=O)OC(C)(C)C. The smallest absolute Gasteiger partial charge is 0.407 e. The van der Waals surface area contributed by atoms with Crippen molar-refractivity contribution < 1.29 is 19.1 Å². The maximum Gasteiger partial charge on any atom is 0.407 e. The van der Waals surface area contributed by atoms with E-state index in [9.17, 15) is 9.59 Å². The topological polar surface area (TPSA) is 103 Å². The number of amides is 2. The molecule has 2 amide bonds. The molecule has 0 saturated heterocycles. The van der Waals surface area contributed by atoms with Gasteiger partial charge in [-0.25, -0.2) is 9.59 Å². The highest BCUT2D eigenvalue weighted by Crippen LogP contribution is 2.09. The highest BCUT2D eigenvalue weighted by atomic mass is 16.6. The minimum absolute atomic E-state index is 0.151. The van der Waals surface area contributed by atoms with Crippen molar-refractivity contribution in [1.29, 1.82) is 0 Å². The van der Waals surface area contributed by atoms with E-state index in [2.05, 4.69) is 10.6 Å². The van der Waals surface area contributed by atoms with Gasteiger partial charge in [-0.1, -0.05) is 12.8 Å². The van der Waals surface area contributed by atoms with Crippen LogP contribution in [0.5, 0.6) is 0 Å². The Hall–Kier alpha value is -1.50. The van der Waals surface area contributed by atoms with Gasteiger partial charge in [0, 0.05) is 19.1 Å². The van der Waals surface area contributed by atoms with Crippen LogP contribution in [0.2, 0.25) is 0 Å². The molecule has 0 unspecified atom stereocenters. The zero-order valence-corrected chi connectivity index (χ0v) is 17.4. The molecule has 0 spiro atoms. The number of rotatable bonds is 10. The largest absolute Gasteiger partial charge is 0.444 e. The van der Waals surface area contributed by atoms with E-state index in [-0.39, 0.29) is 18.2 Å². The summed E-state index contributed by atoms with van der Waals surface area (Å²) in [5.41, 5.74) is 5.17. The molecule has 154 valence electrons. The molecule has 26 heavy (non-hydrogen) atoms. The summed E-state index contributed by atoms with van der Waals surface area (Å²) in [7, 11) is 0. The molecule has 0 aliphatic carbocycles. The number of alkyl carbamates (subject to hydrolysis) is 2. The van der Waals surface area contributed by atoms with E-state index < -0.39 is 11.2 Å². The summed E-state index contributed by atoms with van der Waals surface area (Å²) in [5.74, 6) is 0. The van der Waals surface area contributed by atoms with Crippen LogP contribution in [0.1, 0.15) is 80.1 Å². The normalized spacial score (nSPS) is 12.0. The van der Waals surface area contributed by atoms with Crippen molar-refractivity contribution in [3.05, 3.63) is 0 Å². The summed E-state index contributed by atoms with van der Waals surface area (Å²) in [4.78, 5) is 23.0. The first-order chi connectivity index (χ1) is 11.9. The van der Waals surface area contributed by atoms with Crippen LogP contribution in [0.3, 0.4) is 0 Å². The summed E-state index contributed by atoms with van der Waals surface area (Å²) >= 11 is 0. The Balaban J connectivity index is 3.54. The number of ether oxygens (including phenoxy) is 2. The van der Waals surface area contributed by atoms with Gasteiger partial charge in [0.05, 0.1) is 0 Å². The van der Waals surface area contributed by atoms with Gasteiger partial charge in [-0.3, -0.25) is 0 Å². The number of carbonyl (C=O) groups excluding carboxylic acids is 2. The second-order valence-electron chi connectivity index (χ2n) is 8.61. The number of nitrogens with two attached hydrogens (primary N) is 1. The Bertz CT molecular complexity index is 376. The maximum atomic E-state index is 11.5. The first-order valence-electron chi connectivity index (χ1n) is 9.58. The fraction of sp³-hybridized carbons (Fsp3) is 0.895. The summed E-state index contributed by atoms with van der Waals surface area (Å²) in [6.07, 6.45) is 4.80. The zero-order valence-electron chi connectivity index (χ0n) is 17.4. The Kier molecular flexibility index (Phi) is 11.3. The molecular weight excluding hydrogens is 334 g/mol. The zero-order chi connectivity index (χ0) is 20.2. The second kappa shape index (κ2) is 12.0. The predicted octanol–water partition coefficient (Wildman–Crippen LogP) is 3.70. The van der Waals surface area contributed by atoms with Gasteiger partial charge in [0.15, 0.2) is 0 Å². The van der Waals surface area contributed by atoms with Crippen molar-refractivity contribution in [3.63, 3.8) is 0 Å². The Morgan fingerprint density at radius 2 is 1.12 bits per heavy atom. The van der Waals surface area contributed by atoms with E-state index in [0.29, 0.717) is 13.1 Å². The van der Waals surface area contributed by atoms with Crippen LogP contribution in [0.4, 0.5) is 9.59 Å². The molecule has 0 rings (SSSR count). The van der Waals surface area contributed by atoms with Crippen LogP contribution in [-0.2, 0) is 9.47 Å². The molecule has 0 bridgehead atoms. The third-order valence-electron chi connectivity index (χ3n) is 3.34. The van der Waals surface area contributed by atoms with Crippen LogP contribution >= 0.6 is 0 Å². The van der Waals surface area contributed by atoms with Crippen molar-refractivity contribution in [3.8, 4) is 0 Å². The van der Waals surface area contributed by atoms with Gasteiger partial charge in [0.1, 0.15) is 11.2 Å². The summed E-state index contributed by atoms with van der Waals surface area (Å²) < 4.78 is 10.3. The number of nitrogens with one attached hydrogen (secondary N) is 2. The van der Waals surface area contributed by atoms with Gasteiger partial charge < -0.3 is 25.8 Å². The van der Waals surface area contributed by atoms with Crippen molar-refractivity contribution >= 4 is 12.2 Å². The highest BCUT2D eigenvalue weighted by molar-refractivity contribution is 5.67. The Morgan fingerprint density at radius 3 is 1.42 bits per heavy atom. The molecule has 0 saturated carbocycles. The highest BCUT2D eigenvalue weighted by Gasteiger charge is 2.16. The molecule has 0 aliphatic rings. The Morgan fingerprint density at radius 1 is 0.769 bits per heavy atom. The van der Waals surface area contributed by atoms with Crippen molar-refractivity contribution in [2.75, 3.05) is 13.1 Å². The van der Waals surface area contributed by atoms with E-state index in [1.807, 2.05) is 41.5 Å². The number of unbranched alkanes of at least 4 members (excludes halogenated alkanes) is 2. The molecule has 7 nitrogen and oxygen atoms in total. The standard InChI is InChI=1S/C19H39N3O4/c1-18(2,3)25-16(23)21-13-9-7-11-15(20)12-8-10-14-22-17(24)26-19(4,5)6/h15H,7-14,20H2,1-6H3,(H,21,23)(H,22,24). The van der Waals surface area contributed by atoms with Crippen molar-refractivity contribution in [1.82, 2.24) is 10.6 Å². The second-order valence-corrected chi connectivity index (χ2v) is 8.61. The number of carbonyl (C=O) groups is 2. The number of hydrogen-bond acceptors (Lipinski definition) is 5. The quantitative estimate of drug-likeness (QED) is 0.507. The van der Waals surface area contributed by atoms with E-state index in [1.54, 1.807) is 0 Å². The molecule has 0 aliphatic heterocycles. The van der Waals surface area contributed by atoms with E-state index in [1.165, 1.54) is 0 Å². The lowest BCUT2D eigenvalue weighted by Gasteiger charge is -2.19. The molecule has 0 radical (unpaired) electrons. The third-order valence-corrected chi connectivity index (χ3v) is 3.34.